The lowest BCUT2D eigenvalue weighted by Gasteiger charge is -2.26. The molecule has 1 aromatic heterocycles. The van der Waals surface area contributed by atoms with E-state index in [0.717, 1.165) is 20.9 Å². The van der Waals surface area contributed by atoms with Crippen molar-refractivity contribution in [3.8, 4) is 22.5 Å². The second-order valence-corrected chi connectivity index (χ2v) is 9.62. The third kappa shape index (κ3) is 4.60. The highest BCUT2D eigenvalue weighted by Gasteiger charge is 2.20. The fourth-order valence-corrected chi connectivity index (χ4v) is 4.26. The summed E-state index contributed by atoms with van der Waals surface area (Å²) in [6, 6.07) is 14.9. The minimum absolute atomic E-state index is 0.562. The van der Waals surface area contributed by atoms with Gasteiger partial charge in [0.05, 0.1) is 13.2 Å². The average Bonchev–Trinajstić information content (AvgIpc) is 2.79. The maximum atomic E-state index is 11.8. The molecule has 2 unspecified atom stereocenters. The topological polar surface area (TPSA) is 97.3 Å². The minimum atomic E-state index is -1.05. The number of nitrogens with zero attached hydrogens (tertiary/aromatic N) is 4. The Morgan fingerprint density at radius 2 is 1.27 bits per heavy atom. The van der Waals surface area contributed by atoms with Crippen LogP contribution in [0.25, 0.3) is 22.5 Å². The lowest BCUT2D eigenvalue weighted by atomic mass is 10.0. The first kappa shape index (κ1) is 21.1. The van der Waals surface area contributed by atoms with Gasteiger partial charge in [-0.05, 0) is 70.9 Å². The molecule has 2 heterocycles. The van der Waals surface area contributed by atoms with E-state index in [0.29, 0.717) is 43.6 Å². The molecule has 0 bridgehead atoms. The molecule has 30 heavy (non-hydrogen) atoms. The van der Waals surface area contributed by atoms with Gasteiger partial charge in [-0.1, -0.05) is 0 Å². The smallest absolute Gasteiger partial charge is 0.246 e. The van der Waals surface area contributed by atoms with Crippen LogP contribution in [0.3, 0.4) is 0 Å². The molecule has 0 N–H and O–H groups in total. The summed E-state index contributed by atoms with van der Waals surface area (Å²) in [5.41, 5.74) is 3.05. The maximum absolute atomic E-state index is 11.8. The van der Waals surface area contributed by atoms with E-state index in [1.54, 1.807) is 12.5 Å². The summed E-state index contributed by atoms with van der Waals surface area (Å²) in [6.07, 6.45) is 3.31. The van der Waals surface area contributed by atoms with Crippen LogP contribution in [0, 0.1) is 0 Å². The van der Waals surface area contributed by atoms with Crippen LogP contribution in [0.2, 0.25) is 0 Å². The predicted octanol–water partition coefficient (Wildman–Crippen LogP) is 2.52. The highest BCUT2D eigenvalue weighted by Crippen LogP contribution is 2.31. The van der Waals surface area contributed by atoms with Gasteiger partial charge in [-0.2, -0.15) is 0 Å². The predicted molar refractivity (Wildman–Crippen MR) is 118 cm³/mol. The lowest BCUT2D eigenvalue weighted by Crippen LogP contribution is -2.37. The fraction of sp³-hybridized carbons (Fsp3) is 0.286. The molecule has 0 amide bonds. The zero-order chi connectivity index (χ0) is 21.1. The van der Waals surface area contributed by atoms with Crippen LogP contribution >= 0.6 is 0 Å². The zero-order valence-corrected chi connectivity index (χ0v) is 18.4. The van der Waals surface area contributed by atoms with Crippen molar-refractivity contribution in [2.75, 3.05) is 43.7 Å². The number of morpholine rings is 1. The van der Waals surface area contributed by atoms with Gasteiger partial charge in [0.25, 0.3) is 0 Å². The number of ether oxygens (including phenoxy) is 1. The van der Waals surface area contributed by atoms with Crippen LogP contribution in [0.5, 0.6) is 0 Å². The van der Waals surface area contributed by atoms with E-state index in [9.17, 15) is 9.11 Å². The van der Waals surface area contributed by atoms with E-state index < -0.39 is 22.4 Å². The monoisotopic (exact) mass is 442 g/mol. The summed E-state index contributed by atoms with van der Waals surface area (Å²) in [5.74, 6) is 0.562. The van der Waals surface area contributed by atoms with Crippen LogP contribution in [-0.4, -0.2) is 63.1 Å². The SMILES string of the molecule is C[S+]([O-])c1ccc(-c2nnc(N3CCOCC3)nc2-c2ccc([S+](C)[O-])cc2)cc1. The van der Waals surface area contributed by atoms with Crippen molar-refractivity contribution in [2.24, 2.45) is 0 Å². The second-order valence-electron chi connectivity index (χ2n) is 6.87. The summed E-state index contributed by atoms with van der Waals surface area (Å²) >= 11 is -2.10. The molecular formula is C21H22N4O3S2. The van der Waals surface area contributed by atoms with Crippen molar-refractivity contribution < 1.29 is 13.8 Å². The van der Waals surface area contributed by atoms with Gasteiger partial charge in [-0.25, -0.2) is 4.98 Å². The van der Waals surface area contributed by atoms with Gasteiger partial charge in [0, 0.05) is 24.2 Å². The molecule has 1 fully saturated rings. The Labute approximate surface area is 181 Å². The summed E-state index contributed by atoms with van der Waals surface area (Å²) in [7, 11) is 0. The van der Waals surface area contributed by atoms with E-state index in [2.05, 4.69) is 15.1 Å². The minimum Gasteiger partial charge on any atom is -0.612 e. The maximum Gasteiger partial charge on any atom is 0.246 e. The molecule has 156 valence electrons. The summed E-state index contributed by atoms with van der Waals surface area (Å²) in [4.78, 5) is 8.40. The van der Waals surface area contributed by atoms with Crippen molar-refractivity contribution in [1.29, 1.82) is 0 Å². The van der Waals surface area contributed by atoms with Crippen molar-refractivity contribution >= 4 is 28.3 Å². The molecule has 0 saturated carbocycles. The van der Waals surface area contributed by atoms with Crippen LogP contribution in [0.4, 0.5) is 5.95 Å². The van der Waals surface area contributed by atoms with Crippen LogP contribution in [-0.2, 0) is 27.1 Å². The van der Waals surface area contributed by atoms with Crippen LogP contribution in [0.15, 0.2) is 58.3 Å². The summed E-state index contributed by atoms with van der Waals surface area (Å²) in [6.45, 7) is 2.69. The Kier molecular flexibility index (Phi) is 6.55. The van der Waals surface area contributed by atoms with E-state index in [4.69, 9.17) is 9.72 Å². The number of anilines is 1. The molecule has 4 rings (SSSR count). The molecule has 3 aromatic rings. The van der Waals surface area contributed by atoms with Crippen LogP contribution < -0.4 is 4.90 Å². The largest absolute Gasteiger partial charge is 0.612 e. The van der Waals surface area contributed by atoms with E-state index >= 15 is 0 Å². The standard InChI is InChI=1S/C21H22N4O3S2/c1-29(26)17-7-3-15(4-8-17)19-20(16-5-9-18(10-6-16)30(2)27)23-24-21(22-19)25-11-13-28-14-12-25/h3-10H,11-14H2,1-2H3. The van der Waals surface area contributed by atoms with Crippen molar-refractivity contribution in [3.05, 3.63) is 48.5 Å². The lowest BCUT2D eigenvalue weighted by molar-refractivity contribution is 0.122. The van der Waals surface area contributed by atoms with Gasteiger partial charge in [-0.3, -0.25) is 0 Å². The first-order valence-electron chi connectivity index (χ1n) is 9.48. The molecule has 1 aliphatic rings. The van der Waals surface area contributed by atoms with Gasteiger partial charge in [0.2, 0.25) is 5.95 Å². The highest BCUT2D eigenvalue weighted by atomic mass is 32.2. The first-order chi connectivity index (χ1) is 14.5. The molecular weight excluding hydrogens is 420 g/mol. The molecule has 2 aromatic carbocycles. The molecule has 7 nitrogen and oxygen atoms in total. The number of benzene rings is 2. The summed E-state index contributed by atoms with van der Waals surface area (Å²) in [5, 5.41) is 8.87. The number of hydrogen-bond acceptors (Lipinski definition) is 7. The third-order valence-corrected chi connectivity index (χ3v) is 6.76. The Morgan fingerprint density at radius 3 is 1.77 bits per heavy atom. The van der Waals surface area contributed by atoms with Gasteiger partial charge in [-0.15, -0.1) is 10.2 Å². The van der Waals surface area contributed by atoms with Gasteiger partial charge < -0.3 is 18.7 Å². The van der Waals surface area contributed by atoms with E-state index in [-0.39, 0.29) is 0 Å². The zero-order valence-electron chi connectivity index (χ0n) is 16.8. The third-order valence-electron chi connectivity index (χ3n) is 4.89. The van der Waals surface area contributed by atoms with Gasteiger partial charge >= 0.3 is 0 Å². The molecule has 0 spiro atoms. The molecule has 2 atom stereocenters. The van der Waals surface area contributed by atoms with Crippen molar-refractivity contribution in [2.45, 2.75) is 9.79 Å². The van der Waals surface area contributed by atoms with E-state index in [1.165, 1.54) is 0 Å². The number of hydrogen-bond donors (Lipinski definition) is 0. The molecule has 0 radical (unpaired) electrons. The van der Waals surface area contributed by atoms with Gasteiger partial charge in [0.15, 0.2) is 9.79 Å². The normalized spacial score (nSPS) is 16.3. The highest BCUT2D eigenvalue weighted by molar-refractivity contribution is 7.91. The van der Waals surface area contributed by atoms with E-state index in [1.807, 2.05) is 48.5 Å². The molecule has 0 aliphatic carbocycles. The molecule has 9 heteroatoms. The fourth-order valence-electron chi connectivity index (χ4n) is 3.22. The Bertz CT molecular complexity index is 992. The number of rotatable bonds is 5. The first-order valence-corrected chi connectivity index (χ1v) is 12.6. The molecule has 1 aliphatic heterocycles. The Hall–Kier alpha value is -2.17. The second kappa shape index (κ2) is 9.32. The number of aromatic nitrogens is 3. The Morgan fingerprint density at radius 1 is 0.767 bits per heavy atom. The van der Waals surface area contributed by atoms with Crippen molar-refractivity contribution in [1.82, 2.24) is 15.2 Å². The van der Waals surface area contributed by atoms with Crippen LogP contribution in [0.1, 0.15) is 0 Å². The van der Waals surface area contributed by atoms with Gasteiger partial charge in [0.1, 0.15) is 23.9 Å². The van der Waals surface area contributed by atoms with Crippen molar-refractivity contribution in [3.63, 3.8) is 0 Å². The summed E-state index contributed by atoms with van der Waals surface area (Å²) < 4.78 is 28.9. The molecule has 1 saturated heterocycles. The average molecular weight is 443 g/mol. The quantitative estimate of drug-likeness (QED) is 0.560. The Balaban J connectivity index is 1.78.